The van der Waals surface area contributed by atoms with E-state index in [4.69, 9.17) is 4.74 Å². The number of rotatable bonds is 5. The zero-order valence-electron chi connectivity index (χ0n) is 14.1. The Hall–Kier alpha value is -2.11. The second-order valence-electron chi connectivity index (χ2n) is 5.58. The molecule has 0 fully saturated rings. The van der Waals surface area contributed by atoms with Crippen molar-refractivity contribution in [3.63, 3.8) is 0 Å². The minimum Gasteiger partial charge on any atom is -0.465 e. The molecule has 6 heteroatoms. The number of hydrogen-bond donors (Lipinski definition) is 1. The van der Waals surface area contributed by atoms with Crippen LogP contribution in [-0.4, -0.2) is 13.1 Å². The van der Waals surface area contributed by atoms with Gasteiger partial charge in [0.05, 0.1) is 18.4 Å². The molecule has 3 aromatic rings. The van der Waals surface area contributed by atoms with Gasteiger partial charge >= 0.3 is 5.97 Å². The Morgan fingerprint density at radius 2 is 1.46 bits per heavy atom. The van der Waals surface area contributed by atoms with Crippen molar-refractivity contribution in [2.45, 2.75) is 0 Å². The number of methoxy groups -OCH3 is 1. The zero-order chi connectivity index (χ0) is 18.6. The fourth-order valence-electron chi connectivity index (χ4n) is 2.58. The van der Waals surface area contributed by atoms with E-state index < -0.39 is 13.3 Å². The second kappa shape index (κ2) is 8.06. The number of nitrogens with one attached hydrogen (secondary N) is 1. The van der Waals surface area contributed by atoms with Gasteiger partial charge in [-0.1, -0.05) is 36.4 Å². The molecule has 0 unspecified atom stereocenters. The van der Waals surface area contributed by atoms with E-state index in [1.807, 2.05) is 60.7 Å². The van der Waals surface area contributed by atoms with Crippen molar-refractivity contribution in [1.29, 1.82) is 0 Å². The molecule has 132 valence electrons. The molecule has 4 nitrogen and oxygen atoms in total. The molecular formula is C20H17INO3P. The Morgan fingerprint density at radius 3 is 1.96 bits per heavy atom. The highest BCUT2D eigenvalue weighted by atomic mass is 127. The molecule has 0 saturated heterocycles. The molecule has 0 aliphatic heterocycles. The van der Waals surface area contributed by atoms with Gasteiger partial charge in [0.25, 0.3) is 0 Å². The quantitative estimate of drug-likeness (QED) is 0.336. The van der Waals surface area contributed by atoms with Crippen LogP contribution in [0.15, 0.2) is 78.9 Å². The maximum absolute atomic E-state index is 14.1. The van der Waals surface area contributed by atoms with Gasteiger partial charge in [-0.05, 0) is 65.1 Å². The first-order valence-corrected chi connectivity index (χ1v) is 10.7. The summed E-state index contributed by atoms with van der Waals surface area (Å²) < 4.78 is 19.7. The van der Waals surface area contributed by atoms with E-state index in [2.05, 4.69) is 27.7 Å². The lowest BCUT2D eigenvalue weighted by Crippen LogP contribution is -2.22. The van der Waals surface area contributed by atoms with E-state index in [1.165, 1.54) is 7.11 Å². The van der Waals surface area contributed by atoms with Gasteiger partial charge in [-0.2, -0.15) is 0 Å². The first kappa shape index (κ1) is 18.7. The monoisotopic (exact) mass is 477 g/mol. The summed E-state index contributed by atoms with van der Waals surface area (Å²) in [7, 11) is -1.80. The van der Waals surface area contributed by atoms with Crippen LogP contribution in [0.4, 0.5) is 5.69 Å². The van der Waals surface area contributed by atoms with E-state index in [1.54, 1.807) is 18.2 Å². The highest BCUT2D eigenvalue weighted by Crippen LogP contribution is 2.44. The van der Waals surface area contributed by atoms with E-state index in [0.717, 1.165) is 3.57 Å². The van der Waals surface area contributed by atoms with Crippen LogP contribution in [0.2, 0.25) is 0 Å². The van der Waals surface area contributed by atoms with Crippen LogP contribution < -0.4 is 15.7 Å². The molecule has 0 heterocycles. The van der Waals surface area contributed by atoms with Crippen molar-refractivity contribution in [3.05, 3.63) is 88.0 Å². The number of esters is 1. The van der Waals surface area contributed by atoms with Crippen LogP contribution in [0.3, 0.4) is 0 Å². The van der Waals surface area contributed by atoms with Gasteiger partial charge in [0.15, 0.2) is 0 Å². The van der Waals surface area contributed by atoms with Crippen molar-refractivity contribution < 1.29 is 14.1 Å². The van der Waals surface area contributed by atoms with Gasteiger partial charge < -0.3 is 9.82 Å². The predicted octanol–water partition coefficient (Wildman–Crippen LogP) is 4.42. The minimum atomic E-state index is -3.14. The fourth-order valence-corrected chi connectivity index (χ4v) is 5.53. The van der Waals surface area contributed by atoms with Gasteiger partial charge in [0, 0.05) is 14.2 Å². The lowest BCUT2D eigenvalue weighted by Gasteiger charge is -2.22. The number of benzene rings is 3. The molecule has 1 N–H and O–H groups in total. The number of halogens is 1. The molecule has 0 spiro atoms. The van der Waals surface area contributed by atoms with Crippen molar-refractivity contribution >= 4 is 52.1 Å². The van der Waals surface area contributed by atoms with Crippen LogP contribution in [-0.2, 0) is 9.30 Å². The number of ether oxygens (including phenoxy) is 1. The topological polar surface area (TPSA) is 55.4 Å². The average Bonchev–Trinajstić information content (AvgIpc) is 2.70. The first-order valence-electron chi connectivity index (χ1n) is 7.92. The fraction of sp³-hybridized carbons (Fsp3) is 0.0500. The van der Waals surface area contributed by atoms with E-state index in [-0.39, 0.29) is 0 Å². The average molecular weight is 477 g/mol. The van der Waals surface area contributed by atoms with Crippen LogP contribution in [0, 0.1) is 3.57 Å². The Morgan fingerprint density at radius 1 is 0.923 bits per heavy atom. The molecule has 0 atom stereocenters. The van der Waals surface area contributed by atoms with Gasteiger partial charge in [-0.3, -0.25) is 4.57 Å². The Bertz CT molecular complexity index is 918. The molecule has 0 aromatic heterocycles. The Labute approximate surface area is 166 Å². The van der Waals surface area contributed by atoms with Crippen LogP contribution in [0.25, 0.3) is 0 Å². The summed E-state index contributed by atoms with van der Waals surface area (Å²) in [6, 6.07) is 23.8. The van der Waals surface area contributed by atoms with Gasteiger partial charge in [0.1, 0.15) is 0 Å². The zero-order valence-corrected chi connectivity index (χ0v) is 17.1. The summed E-state index contributed by atoms with van der Waals surface area (Å²) in [4.78, 5) is 11.9. The summed E-state index contributed by atoms with van der Waals surface area (Å²) in [5.41, 5.74) is 1.03. The van der Waals surface area contributed by atoms with Crippen LogP contribution >= 0.6 is 29.9 Å². The van der Waals surface area contributed by atoms with E-state index >= 15 is 0 Å². The third-order valence-electron chi connectivity index (χ3n) is 3.90. The van der Waals surface area contributed by atoms with Crippen LogP contribution in [0.5, 0.6) is 0 Å². The Kier molecular flexibility index (Phi) is 5.79. The molecule has 0 aliphatic rings. The maximum Gasteiger partial charge on any atom is 0.337 e. The number of hydrogen-bond acceptors (Lipinski definition) is 3. The molecule has 0 bridgehead atoms. The van der Waals surface area contributed by atoms with Crippen molar-refractivity contribution in [2.75, 3.05) is 12.2 Å². The van der Waals surface area contributed by atoms with Crippen molar-refractivity contribution in [1.82, 2.24) is 0 Å². The highest BCUT2D eigenvalue weighted by molar-refractivity contribution is 14.1. The SMILES string of the molecule is COC(=O)c1ccc(I)c(NP(=O)(c2ccccc2)c2ccccc2)c1. The largest absolute Gasteiger partial charge is 0.465 e. The lowest BCUT2D eigenvalue weighted by atomic mass is 10.2. The second-order valence-corrected chi connectivity index (χ2v) is 9.22. The number of carbonyl (C=O) groups is 1. The van der Waals surface area contributed by atoms with Gasteiger partial charge in [-0.25, -0.2) is 4.79 Å². The first-order chi connectivity index (χ1) is 12.5. The minimum absolute atomic E-state index is 0.406. The van der Waals surface area contributed by atoms with E-state index in [0.29, 0.717) is 21.9 Å². The number of carbonyl (C=O) groups excluding carboxylic acids is 1. The molecular weight excluding hydrogens is 460 g/mol. The van der Waals surface area contributed by atoms with Gasteiger partial charge in [-0.15, -0.1) is 0 Å². The molecule has 26 heavy (non-hydrogen) atoms. The van der Waals surface area contributed by atoms with Gasteiger partial charge in [0.2, 0.25) is 7.29 Å². The van der Waals surface area contributed by atoms with E-state index in [9.17, 15) is 9.36 Å². The highest BCUT2D eigenvalue weighted by Gasteiger charge is 2.28. The molecule has 3 rings (SSSR count). The Balaban J connectivity index is 2.11. The molecule has 0 aliphatic carbocycles. The lowest BCUT2D eigenvalue weighted by molar-refractivity contribution is 0.0601. The summed E-state index contributed by atoms with van der Waals surface area (Å²) in [5.74, 6) is -0.432. The van der Waals surface area contributed by atoms with Crippen molar-refractivity contribution in [3.8, 4) is 0 Å². The summed E-state index contributed by atoms with van der Waals surface area (Å²) in [5, 5.41) is 4.61. The van der Waals surface area contributed by atoms with Crippen LogP contribution in [0.1, 0.15) is 10.4 Å². The molecule has 3 aromatic carbocycles. The maximum atomic E-state index is 14.1. The number of anilines is 1. The molecule has 0 saturated carbocycles. The smallest absolute Gasteiger partial charge is 0.337 e. The summed E-state index contributed by atoms with van der Waals surface area (Å²) in [6.45, 7) is 0. The third-order valence-corrected chi connectivity index (χ3v) is 7.45. The summed E-state index contributed by atoms with van der Waals surface area (Å²) in [6.07, 6.45) is 0. The van der Waals surface area contributed by atoms with Crippen molar-refractivity contribution in [2.24, 2.45) is 0 Å². The molecule has 0 amide bonds. The summed E-state index contributed by atoms with van der Waals surface area (Å²) >= 11 is 2.16. The molecule has 0 radical (unpaired) electrons. The standard InChI is InChI=1S/C20H17INO3P/c1-25-20(23)15-12-13-18(21)19(14-15)22-26(24,16-8-4-2-5-9-16)17-10-6-3-7-11-17/h2-14H,1H3,(H,22,24). The normalized spacial score (nSPS) is 11.0. The predicted molar refractivity (Wildman–Crippen MR) is 114 cm³/mol. The third kappa shape index (κ3) is 3.84.